The number of hydrogen-bond donors (Lipinski definition) is 0. The van der Waals surface area contributed by atoms with Crippen LogP contribution >= 0.6 is 11.3 Å². The van der Waals surface area contributed by atoms with Crippen molar-refractivity contribution < 1.29 is 0 Å². The molecule has 9 aromatic rings. The summed E-state index contributed by atoms with van der Waals surface area (Å²) in [6.45, 7) is 4.80. The zero-order valence-electron chi connectivity index (χ0n) is 25.8. The van der Waals surface area contributed by atoms with E-state index in [0.717, 1.165) is 0 Å². The fraction of sp³-hybridized carbons (Fsp3) is 0.0667. The summed E-state index contributed by atoms with van der Waals surface area (Å²) >= 11 is 1.88. The Bertz CT molecular complexity index is 2660. The second kappa shape index (κ2) is 9.39. The van der Waals surface area contributed by atoms with Gasteiger partial charge in [0.1, 0.15) is 0 Å². The van der Waals surface area contributed by atoms with Crippen LogP contribution in [0.2, 0.25) is 0 Å². The Balaban J connectivity index is 1.31. The molecule has 10 rings (SSSR count). The minimum atomic E-state index is -0.105. The maximum atomic E-state index is 2.42. The number of thiophene rings is 1. The van der Waals surface area contributed by atoms with E-state index in [1.165, 1.54) is 97.0 Å². The zero-order valence-corrected chi connectivity index (χ0v) is 26.6. The van der Waals surface area contributed by atoms with Crippen molar-refractivity contribution in [1.82, 2.24) is 0 Å². The quantitative estimate of drug-likeness (QED) is 0.173. The van der Waals surface area contributed by atoms with E-state index in [1.807, 2.05) is 11.3 Å². The lowest BCUT2D eigenvalue weighted by molar-refractivity contribution is 0.666. The monoisotopic (exact) mass is 602 g/mol. The molecule has 0 fully saturated rings. The molecule has 1 aromatic heterocycles. The molecule has 0 amide bonds. The molecule has 46 heavy (non-hydrogen) atoms. The van der Waals surface area contributed by atoms with Crippen molar-refractivity contribution in [3.63, 3.8) is 0 Å². The van der Waals surface area contributed by atoms with Crippen LogP contribution in [0.5, 0.6) is 0 Å². The molecule has 0 radical (unpaired) electrons. The van der Waals surface area contributed by atoms with E-state index < -0.39 is 0 Å². The van der Waals surface area contributed by atoms with E-state index in [4.69, 9.17) is 0 Å². The first-order chi connectivity index (χ1) is 22.6. The van der Waals surface area contributed by atoms with E-state index in [2.05, 4.69) is 159 Å². The fourth-order valence-corrected chi connectivity index (χ4v) is 9.56. The molecule has 1 aliphatic rings. The Morgan fingerprint density at radius 3 is 1.76 bits per heavy atom. The highest BCUT2D eigenvalue weighted by Gasteiger charge is 2.38. The van der Waals surface area contributed by atoms with Gasteiger partial charge in [-0.25, -0.2) is 0 Å². The standard InChI is InChI=1S/C45H30S/c1-45(2)38-20-11-19-35(43(38)36-24-22-27-12-3-4-13-29(27)44(36)45)42-33-17-7-5-15-31(33)41(32-16-6-8-18-34(32)42)28-23-25-40-37(26-28)30-14-9-10-21-39(30)46-40/h3-26H,1-2H3. The highest BCUT2D eigenvalue weighted by atomic mass is 32.1. The van der Waals surface area contributed by atoms with Crippen LogP contribution < -0.4 is 0 Å². The average molecular weight is 603 g/mol. The summed E-state index contributed by atoms with van der Waals surface area (Å²) < 4.78 is 2.68. The molecule has 0 aliphatic heterocycles. The summed E-state index contributed by atoms with van der Waals surface area (Å²) in [7, 11) is 0. The molecule has 0 N–H and O–H groups in total. The second-order valence-corrected chi connectivity index (χ2v) is 14.3. The van der Waals surface area contributed by atoms with Crippen LogP contribution in [0.1, 0.15) is 25.0 Å². The lowest BCUT2D eigenvalue weighted by Gasteiger charge is -2.23. The van der Waals surface area contributed by atoms with Crippen molar-refractivity contribution in [3.8, 4) is 33.4 Å². The average Bonchev–Trinajstić information content (AvgIpc) is 3.59. The lowest BCUT2D eigenvalue weighted by Crippen LogP contribution is -2.15. The van der Waals surface area contributed by atoms with E-state index >= 15 is 0 Å². The molecule has 0 spiro atoms. The Hall–Kier alpha value is -5.24. The summed E-state index contributed by atoms with van der Waals surface area (Å²) in [5.41, 5.74) is 10.7. The number of rotatable bonds is 2. The third kappa shape index (κ3) is 3.44. The Labute approximate surface area is 272 Å². The molecule has 0 bridgehead atoms. The predicted molar refractivity (Wildman–Crippen MR) is 200 cm³/mol. The molecule has 1 heteroatoms. The van der Waals surface area contributed by atoms with Crippen molar-refractivity contribution in [1.29, 1.82) is 0 Å². The number of benzene rings is 8. The minimum absolute atomic E-state index is 0.105. The molecule has 216 valence electrons. The number of fused-ring (bicyclic) bond motifs is 10. The van der Waals surface area contributed by atoms with Crippen LogP contribution in [-0.4, -0.2) is 0 Å². The zero-order chi connectivity index (χ0) is 30.6. The third-order valence-electron chi connectivity index (χ3n) is 10.4. The topological polar surface area (TPSA) is 0 Å². The number of hydrogen-bond acceptors (Lipinski definition) is 1. The van der Waals surface area contributed by atoms with E-state index in [-0.39, 0.29) is 5.41 Å². The van der Waals surface area contributed by atoms with E-state index in [9.17, 15) is 0 Å². The van der Waals surface area contributed by atoms with Crippen LogP contribution in [0.3, 0.4) is 0 Å². The van der Waals surface area contributed by atoms with Gasteiger partial charge >= 0.3 is 0 Å². The molecular formula is C45H30S. The highest BCUT2D eigenvalue weighted by molar-refractivity contribution is 7.25. The Morgan fingerprint density at radius 2 is 1.02 bits per heavy atom. The van der Waals surface area contributed by atoms with Crippen LogP contribution in [0.25, 0.3) is 85.9 Å². The van der Waals surface area contributed by atoms with Gasteiger partial charge in [-0.2, -0.15) is 0 Å². The first-order valence-corrected chi connectivity index (χ1v) is 16.9. The van der Waals surface area contributed by atoms with Crippen LogP contribution in [0.15, 0.2) is 146 Å². The van der Waals surface area contributed by atoms with E-state index in [1.54, 1.807) is 0 Å². The van der Waals surface area contributed by atoms with Crippen molar-refractivity contribution in [2.75, 3.05) is 0 Å². The van der Waals surface area contributed by atoms with Gasteiger partial charge in [0.2, 0.25) is 0 Å². The van der Waals surface area contributed by atoms with Gasteiger partial charge in [-0.05, 0) is 95.0 Å². The minimum Gasteiger partial charge on any atom is -0.135 e. The molecule has 8 aromatic carbocycles. The molecule has 0 unspecified atom stereocenters. The summed E-state index contributed by atoms with van der Waals surface area (Å²) in [6, 6.07) is 54.5. The summed E-state index contributed by atoms with van der Waals surface area (Å²) in [6.07, 6.45) is 0. The van der Waals surface area contributed by atoms with Crippen molar-refractivity contribution in [2.45, 2.75) is 19.3 Å². The Kier molecular flexibility index (Phi) is 5.31. The van der Waals surface area contributed by atoms with E-state index in [0.29, 0.717) is 0 Å². The van der Waals surface area contributed by atoms with Gasteiger partial charge in [-0.3, -0.25) is 0 Å². The summed E-state index contributed by atoms with van der Waals surface area (Å²) in [4.78, 5) is 0. The predicted octanol–water partition coefficient (Wildman–Crippen LogP) is 13.2. The smallest absolute Gasteiger partial charge is 0.0355 e. The third-order valence-corrected chi connectivity index (χ3v) is 11.6. The maximum Gasteiger partial charge on any atom is 0.0355 e. The molecule has 1 heterocycles. The Morgan fingerprint density at radius 1 is 0.413 bits per heavy atom. The maximum absolute atomic E-state index is 2.42. The van der Waals surface area contributed by atoms with Gasteiger partial charge in [-0.1, -0.05) is 141 Å². The van der Waals surface area contributed by atoms with Crippen LogP contribution in [-0.2, 0) is 5.41 Å². The van der Waals surface area contributed by atoms with Gasteiger partial charge in [0.15, 0.2) is 0 Å². The highest BCUT2D eigenvalue weighted by Crippen LogP contribution is 2.56. The molecule has 0 nitrogen and oxygen atoms in total. The fourth-order valence-electron chi connectivity index (χ4n) is 8.47. The second-order valence-electron chi connectivity index (χ2n) is 13.2. The SMILES string of the molecule is CC1(C)c2cccc(-c3c4ccccc4c(-c4ccc5sc6ccccc6c5c4)c4ccccc34)c2-c2ccc3ccccc3c21. The van der Waals surface area contributed by atoms with Crippen molar-refractivity contribution in [2.24, 2.45) is 0 Å². The summed E-state index contributed by atoms with van der Waals surface area (Å²) in [5.74, 6) is 0. The normalized spacial score (nSPS) is 13.6. The molecular weight excluding hydrogens is 573 g/mol. The largest absolute Gasteiger partial charge is 0.135 e. The van der Waals surface area contributed by atoms with Crippen LogP contribution in [0.4, 0.5) is 0 Å². The molecule has 0 saturated carbocycles. The van der Waals surface area contributed by atoms with Gasteiger partial charge in [0, 0.05) is 25.6 Å². The molecule has 1 aliphatic carbocycles. The lowest BCUT2D eigenvalue weighted by atomic mass is 9.79. The first kappa shape index (κ1) is 26.0. The molecule has 0 atom stereocenters. The summed E-state index contributed by atoms with van der Waals surface area (Å²) in [5, 5.41) is 10.5. The van der Waals surface area contributed by atoms with Crippen molar-refractivity contribution >= 4 is 63.8 Å². The van der Waals surface area contributed by atoms with Gasteiger partial charge in [0.25, 0.3) is 0 Å². The van der Waals surface area contributed by atoms with Gasteiger partial charge in [0.05, 0.1) is 0 Å². The van der Waals surface area contributed by atoms with Gasteiger partial charge in [-0.15, -0.1) is 11.3 Å². The van der Waals surface area contributed by atoms with Crippen LogP contribution in [0, 0.1) is 0 Å². The molecule has 0 saturated heterocycles. The first-order valence-electron chi connectivity index (χ1n) is 16.1. The van der Waals surface area contributed by atoms with Crippen molar-refractivity contribution in [3.05, 3.63) is 157 Å². The van der Waals surface area contributed by atoms with Gasteiger partial charge < -0.3 is 0 Å².